The van der Waals surface area contributed by atoms with Crippen LogP contribution in [0.15, 0.2) is 48.5 Å². The number of methoxy groups -OCH3 is 3. The number of nitrogens with two attached hydrogens (primary N) is 1. The van der Waals surface area contributed by atoms with Gasteiger partial charge < -0.3 is 19.9 Å². The second kappa shape index (κ2) is 7.67. The fourth-order valence-corrected chi connectivity index (χ4v) is 2.89. The highest BCUT2D eigenvalue weighted by molar-refractivity contribution is 5.84. The lowest BCUT2D eigenvalue weighted by Gasteiger charge is -2.16. The van der Waals surface area contributed by atoms with Gasteiger partial charge in [0.1, 0.15) is 23.2 Å². The number of aromatic nitrogens is 1. The summed E-state index contributed by atoms with van der Waals surface area (Å²) in [5.41, 5.74) is 9.21. The molecule has 3 aromatic rings. The van der Waals surface area contributed by atoms with Gasteiger partial charge in [0.25, 0.3) is 0 Å². The van der Waals surface area contributed by atoms with Gasteiger partial charge in [-0.2, -0.15) is 5.26 Å². The van der Waals surface area contributed by atoms with E-state index in [4.69, 9.17) is 19.9 Å². The Kier molecular flexibility index (Phi) is 5.13. The lowest BCUT2D eigenvalue weighted by Crippen LogP contribution is -2.01. The SMILES string of the molecule is COc1cc(OC)c(-c2cc(-c3ccccc3)nc(N)c2C#N)cc1OC. The van der Waals surface area contributed by atoms with E-state index in [-0.39, 0.29) is 11.4 Å². The third-order valence-corrected chi connectivity index (χ3v) is 4.22. The first kappa shape index (κ1) is 18.1. The monoisotopic (exact) mass is 361 g/mol. The third-order valence-electron chi connectivity index (χ3n) is 4.22. The molecular weight excluding hydrogens is 342 g/mol. The zero-order chi connectivity index (χ0) is 19.4. The van der Waals surface area contributed by atoms with Crippen LogP contribution in [0.5, 0.6) is 17.2 Å². The highest BCUT2D eigenvalue weighted by Crippen LogP contribution is 2.42. The summed E-state index contributed by atoms with van der Waals surface area (Å²) >= 11 is 0. The minimum absolute atomic E-state index is 0.158. The minimum atomic E-state index is 0.158. The van der Waals surface area contributed by atoms with Crippen molar-refractivity contribution in [3.63, 3.8) is 0 Å². The van der Waals surface area contributed by atoms with Gasteiger partial charge in [-0.25, -0.2) is 4.98 Å². The van der Waals surface area contributed by atoms with Gasteiger partial charge >= 0.3 is 0 Å². The fourth-order valence-electron chi connectivity index (χ4n) is 2.89. The summed E-state index contributed by atoms with van der Waals surface area (Å²) in [4.78, 5) is 4.39. The Balaban J connectivity index is 2.30. The largest absolute Gasteiger partial charge is 0.496 e. The second-order valence-corrected chi connectivity index (χ2v) is 5.70. The molecule has 136 valence electrons. The number of anilines is 1. The highest BCUT2D eigenvalue weighted by atomic mass is 16.5. The molecule has 0 aliphatic heterocycles. The van der Waals surface area contributed by atoms with Crippen LogP contribution in [-0.2, 0) is 0 Å². The molecule has 0 unspecified atom stereocenters. The van der Waals surface area contributed by atoms with Crippen molar-refractivity contribution in [3.8, 4) is 45.7 Å². The van der Waals surface area contributed by atoms with Crippen LogP contribution in [0.3, 0.4) is 0 Å². The van der Waals surface area contributed by atoms with Crippen molar-refractivity contribution in [3.05, 3.63) is 54.1 Å². The summed E-state index contributed by atoms with van der Waals surface area (Å²) < 4.78 is 16.3. The standard InChI is InChI=1S/C21H19N3O3/c1-25-18-11-20(27-3)19(26-2)10-15(18)14-9-17(13-7-5-4-6-8-13)24-21(23)16(14)12-22/h4-11H,1-3H3,(H2,23,24). The van der Waals surface area contributed by atoms with Gasteiger partial charge in [-0.3, -0.25) is 0 Å². The molecule has 2 aromatic carbocycles. The van der Waals surface area contributed by atoms with Crippen LogP contribution in [0.2, 0.25) is 0 Å². The number of hydrogen-bond acceptors (Lipinski definition) is 6. The molecule has 6 heteroatoms. The number of hydrogen-bond donors (Lipinski definition) is 1. The first-order valence-electron chi connectivity index (χ1n) is 8.19. The zero-order valence-electron chi connectivity index (χ0n) is 15.3. The van der Waals surface area contributed by atoms with Crippen molar-refractivity contribution in [1.29, 1.82) is 5.26 Å². The number of nitrogens with zero attached hydrogens (tertiary/aromatic N) is 2. The number of pyridine rings is 1. The number of nitrogen functional groups attached to an aromatic ring is 1. The molecule has 0 saturated heterocycles. The number of rotatable bonds is 5. The van der Waals surface area contributed by atoms with Crippen LogP contribution in [-0.4, -0.2) is 26.3 Å². The predicted molar refractivity (Wildman–Crippen MR) is 104 cm³/mol. The summed E-state index contributed by atoms with van der Waals surface area (Å²) in [7, 11) is 4.66. The Hall–Kier alpha value is -3.72. The van der Waals surface area contributed by atoms with Crippen molar-refractivity contribution in [2.75, 3.05) is 27.1 Å². The van der Waals surface area contributed by atoms with E-state index < -0.39 is 0 Å². The average molecular weight is 361 g/mol. The van der Waals surface area contributed by atoms with Gasteiger partial charge in [0.15, 0.2) is 11.5 Å². The van der Waals surface area contributed by atoms with Gasteiger partial charge in [-0.1, -0.05) is 30.3 Å². The number of ether oxygens (including phenoxy) is 3. The van der Waals surface area contributed by atoms with Gasteiger partial charge in [0, 0.05) is 22.8 Å². The minimum Gasteiger partial charge on any atom is -0.496 e. The van der Waals surface area contributed by atoms with E-state index in [0.29, 0.717) is 34.1 Å². The van der Waals surface area contributed by atoms with E-state index in [1.165, 1.54) is 0 Å². The Bertz CT molecular complexity index is 1010. The van der Waals surface area contributed by atoms with Crippen LogP contribution in [0.1, 0.15) is 5.56 Å². The highest BCUT2D eigenvalue weighted by Gasteiger charge is 2.19. The molecule has 0 aliphatic carbocycles. The maximum Gasteiger partial charge on any atom is 0.164 e. The first-order chi connectivity index (χ1) is 13.1. The molecule has 1 heterocycles. The Morgan fingerprint density at radius 1 is 0.852 bits per heavy atom. The van der Waals surface area contributed by atoms with Crippen LogP contribution in [0.25, 0.3) is 22.4 Å². The summed E-state index contributed by atoms with van der Waals surface area (Å²) in [6.07, 6.45) is 0. The Morgan fingerprint density at radius 3 is 2.07 bits per heavy atom. The van der Waals surface area contributed by atoms with Gasteiger partial charge in [-0.05, 0) is 12.1 Å². The molecule has 1 aromatic heterocycles. The van der Waals surface area contributed by atoms with Crippen molar-refractivity contribution >= 4 is 5.82 Å². The molecule has 0 fully saturated rings. The summed E-state index contributed by atoms with van der Waals surface area (Å²) in [5.74, 6) is 1.75. The molecule has 0 saturated carbocycles. The van der Waals surface area contributed by atoms with Crippen molar-refractivity contribution in [1.82, 2.24) is 4.98 Å². The molecule has 0 atom stereocenters. The average Bonchev–Trinajstić information content (AvgIpc) is 2.72. The van der Waals surface area contributed by atoms with Crippen molar-refractivity contribution in [2.45, 2.75) is 0 Å². The molecule has 0 spiro atoms. The first-order valence-corrected chi connectivity index (χ1v) is 8.19. The van der Waals surface area contributed by atoms with Crippen LogP contribution >= 0.6 is 0 Å². The van der Waals surface area contributed by atoms with Crippen LogP contribution < -0.4 is 19.9 Å². The molecule has 0 radical (unpaired) electrons. The van der Waals surface area contributed by atoms with E-state index in [1.807, 2.05) is 36.4 Å². The molecule has 3 rings (SSSR count). The number of nitriles is 1. The molecule has 0 aliphatic rings. The summed E-state index contributed by atoms with van der Waals surface area (Å²) in [6.45, 7) is 0. The van der Waals surface area contributed by atoms with E-state index in [9.17, 15) is 5.26 Å². The van der Waals surface area contributed by atoms with Crippen molar-refractivity contribution < 1.29 is 14.2 Å². The normalized spacial score (nSPS) is 10.1. The topological polar surface area (TPSA) is 90.4 Å². The zero-order valence-corrected chi connectivity index (χ0v) is 15.3. The quantitative estimate of drug-likeness (QED) is 0.741. The Morgan fingerprint density at radius 2 is 1.48 bits per heavy atom. The molecular formula is C21H19N3O3. The summed E-state index contributed by atoms with van der Waals surface area (Å²) in [5, 5.41) is 9.65. The van der Waals surface area contributed by atoms with E-state index in [2.05, 4.69) is 11.1 Å². The lowest BCUT2D eigenvalue weighted by molar-refractivity contribution is 0.349. The molecule has 6 nitrogen and oxygen atoms in total. The van der Waals surface area contributed by atoms with E-state index in [0.717, 1.165) is 5.56 Å². The van der Waals surface area contributed by atoms with E-state index in [1.54, 1.807) is 33.5 Å². The molecule has 27 heavy (non-hydrogen) atoms. The van der Waals surface area contributed by atoms with Gasteiger partial charge in [0.05, 0.1) is 27.0 Å². The molecule has 0 bridgehead atoms. The maximum atomic E-state index is 9.65. The maximum absolute atomic E-state index is 9.65. The molecule has 0 amide bonds. The smallest absolute Gasteiger partial charge is 0.164 e. The summed E-state index contributed by atoms with van der Waals surface area (Å²) in [6, 6.07) is 17.1. The van der Waals surface area contributed by atoms with Gasteiger partial charge in [0.2, 0.25) is 0 Å². The van der Waals surface area contributed by atoms with Gasteiger partial charge in [-0.15, -0.1) is 0 Å². The predicted octanol–water partition coefficient (Wildman–Crippen LogP) is 3.90. The van der Waals surface area contributed by atoms with Crippen LogP contribution in [0.4, 0.5) is 5.82 Å². The van der Waals surface area contributed by atoms with Crippen molar-refractivity contribution in [2.24, 2.45) is 0 Å². The molecule has 2 N–H and O–H groups in total. The Labute approximate surface area is 157 Å². The second-order valence-electron chi connectivity index (χ2n) is 5.70. The van der Waals surface area contributed by atoms with Crippen LogP contribution in [0, 0.1) is 11.3 Å². The number of benzene rings is 2. The lowest BCUT2D eigenvalue weighted by atomic mass is 9.97. The van der Waals surface area contributed by atoms with E-state index >= 15 is 0 Å². The fraction of sp³-hybridized carbons (Fsp3) is 0.143. The third kappa shape index (κ3) is 3.35.